The van der Waals surface area contributed by atoms with Crippen LogP contribution in [0.25, 0.3) is 11.4 Å². The Kier molecular flexibility index (Phi) is 5.34. The maximum absolute atomic E-state index is 4.77. The van der Waals surface area contributed by atoms with E-state index in [4.69, 9.17) is 9.97 Å². The number of anilines is 1. The van der Waals surface area contributed by atoms with Gasteiger partial charge < -0.3 is 5.32 Å². The van der Waals surface area contributed by atoms with Gasteiger partial charge in [-0.25, -0.2) is 9.97 Å². The lowest BCUT2D eigenvalue weighted by Crippen LogP contribution is -2.06. The molecule has 0 aliphatic rings. The van der Waals surface area contributed by atoms with Gasteiger partial charge in [0.2, 0.25) is 0 Å². The first-order chi connectivity index (χ1) is 10.1. The molecule has 0 atom stereocenters. The van der Waals surface area contributed by atoms with Crippen LogP contribution >= 0.6 is 15.9 Å². The van der Waals surface area contributed by atoms with E-state index in [-0.39, 0.29) is 0 Å². The molecular weight excluding hydrogens is 326 g/mol. The van der Waals surface area contributed by atoms with Gasteiger partial charge in [0, 0.05) is 12.1 Å². The van der Waals surface area contributed by atoms with Crippen LogP contribution in [-0.4, -0.2) is 16.5 Å². The Labute approximate surface area is 135 Å². The molecule has 0 spiro atoms. The van der Waals surface area contributed by atoms with Crippen LogP contribution < -0.4 is 5.32 Å². The van der Waals surface area contributed by atoms with Crippen molar-refractivity contribution >= 4 is 21.7 Å². The fourth-order valence-corrected chi connectivity index (χ4v) is 2.88. The fourth-order valence-electron chi connectivity index (χ4n) is 2.37. The second-order valence-electron chi connectivity index (χ2n) is 5.26. The highest BCUT2D eigenvalue weighted by Crippen LogP contribution is 2.29. The number of halogens is 1. The Morgan fingerprint density at radius 3 is 2.52 bits per heavy atom. The van der Waals surface area contributed by atoms with Crippen LogP contribution in [0.4, 0.5) is 5.82 Å². The third kappa shape index (κ3) is 3.62. The first-order valence-corrected chi connectivity index (χ1v) is 8.24. The Bertz CT molecular complexity index is 611. The monoisotopic (exact) mass is 347 g/mol. The summed E-state index contributed by atoms with van der Waals surface area (Å²) >= 11 is 3.63. The summed E-state index contributed by atoms with van der Waals surface area (Å²) in [5, 5.41) is 3.32. The molecule has 0 saturated heterocycles. The number of hydrogen-bond acceptors (Lipinski definition) is 3. The molecule has 21 heavy (non-hydrogen) atoms. The van der Waals surface area contributed by atoms with Crippen molar-refractivity contribution < 1.29 is 0 Å². The molecule has 0 aliphatic carbocycles. The molecule has 3 nitrogen and oxygen atoms in total. The lowest BCUT2D eigenvalue weighted by molar-refractivity contribution is 0.867. The normalized spacial score (nSPS) is 10.7. The number of aryl methyl sites for hydroxylation is 3. The minimum atomic E-state index is 0.801. The summed E-state index contributed by atoms with van der Waals surface area (Å²) in [6.45, 7) is 9.29. The smallest absolute Gasteiger partial charge is 0.162 e. The maximum Gasteiger partial charge on any atom is 0.162 e. The van der Waals surface area contributed by atoms with E-state index in [1.807, 2.05) is 0 Å². The summed E-state index contributed by atoms with van der Waals surface area (Å²) in [4.78, 5) is 9.46. The molecule has 0 bridgehead atoms. The average Bonchev–Trinajstić information content (AvgIpc) is 2.43. The van der Waals surface area contributed by atoms with Crippen LogP contribution in [0.5, 0.6) is 0 Å². The molecule has 0 amide bonds. The summed E-state index contributed by atoms with van der Waals surface area (Å²) in [6.07, 6.45) is 2.01. The van der Waals surface area contributed by atoms with E-state index in [2.05, 4.69) is 67.1 Å². The summed E-state index contributed by atoms with van der Waals surface area (Å²) in [5.41, 5.74) is 4.64. The number of nitrogens with one attached hydrogen (secondary N) is 1. The van der Waals surface area contributed by atoms with Gasteiger partial charge in [-0.3, -0.25) is 0 Å². The number of nitrogens with zero attached hydrogens (tertiary/aromatic N) is 2. The molecule has 1 aromatic carbocycles. The van der Waals surface area contributed by atoms with Crippen LogP contribution in [0, 0.1) is 13.8 Å². The summed E-state index contributed by atoms with van der Waals surface area (Å²) in [6, 6.07) is 6.40. The molecule has 0 unspecified atom stereocenters. The molecule has 2 rings (SSSR count). The van der Waals surface area contributed by atoms with Crippen molar-refractivity contribution in [3.63, 3.8) is 0 Å². The highest BCUT2D eigenvalue weighted by molar-refractivity contribution is 9.10. The maximum atomic E-state index is 4.77. The largest absolute Gasteiger partial charge is 0.369 e. The van der Waals surface area contributed by atoms with E-state index in [1.165, 1.54) is 11.1 Å². The Balaban J connectivity index is 2.56. The Hall–Kier alpha value is -1.42. The van der Waals surface area contributed by atoms with E-state index < -0.39 is 0 Å². The van der Waals surface area contributed by atoms with Gasteiger partial charge in [-0.05, 0) is 48.7 Å². The van der Waals surface area contributed by atoms with E-state index in [0.717, 1.165) is 46.8 Å². The first-order valence-electron chi connectivity index (χ1n) is 7.44. The third-order valence-corrected chi connectivity index (χ3v) is 4.21. The molecule has 2 aromatic rings. The minimum Gasteiger partial charge on any atom is -0.369 e. The summed E-state index contributed by atoms with van der Waals surface area (Å²) in [5.74, 6) is 1.68. The van der Waals surface area contributed by atoms with Crippen molar-refractivity contribution in [2.24, 2.45) is 0 Å². The van der Waals surface area contributed by atoms with Crippen molar-refractivity contribution in [1.29, 1.82) is 0 Å². The molecule has 0 fully saturated rings. The van der Waals surface area contributed by atoms with Crippen LogP contribution in [0.3, 0.4) is 0 Å². The molecule has 1 aromatic heterocycles. The predicted octanol–water partition coefficient (Wildman–Crippen LogP) is 4.91. The Morgan fingerprint density at radius 1 is 1.14 bits per heavy atom. The zero-order valence-corrected chi connectivity index (χ0v) is 14.7. The second kappa shape index (κ2) is 7.03. The molecule has 0 aliphatic heterocycles. The van der Waals surface area contributed by atoms with E-state index in [1.54, 1.807) is 0 Å². The van der Waals surface area contributed by atoms with Gasteiger partial charge in [0.1, 0.15) is 5.82 Å². The number of benzene rings is 1. The lowest BCUT2D eigenvalue weighted by Gasteiger charge is -2.13. The quantitative estimate of drug-likeness (QED) is 0.834. The van der Waals surface area contributed by atoms with Crippen molar-refractivity contribution in [3.05, 3.63) is 39.5 Å². The van der Waals surface area contributed by atoms with Crippen molar-refractivity contribution in [1.82, 2.24) is 9.97 Å². The zero-order valence-electron chi connectivity index (χ0n) is 13.1. The van der Waals surface area contributed by atoms with Gasteiger partial charge in [-0.2, -0.15) is 0 Å². The molecule has 112 valence electrons. The van der Waals surface area contributed by atoms with Gasteiger partial charge in [0.15, 0.2) is 5.82 Å². The van der Waals surface area contributed by atoms with Crippen molar-refractivity contribution in [2.45, 2.75) is 40.5 Å². The highest BCUT2D eigenvalue weighted by atomic mass is 79.9. The minimum absolute atomic E-state index is 0.801. The van der Waals surface area contributed by atoms with Crippen molar-refractivity contribution in [3.8, 4) is 11.4 Å². The molecule has 0 radical (unpaired) electrons. The van der Waals surface area contributed by atoms with Crippen molar-refractivity contribution in [2.75, 3.05) is 11.9 Å². The third-order valence-electron chi connectivity index (χ3n) is 3.37. The fraction of sp³-hybridized carbons (Fsp3) is 0.412. The van der Waals surface area contributed by atoms with Gasteiger partial charge in [0.25, 0.3) is 0 Å². The predicted molar refractivity (Wildman–Crippen MR) is 92.8 cm³/mol. The van der Waals surface area contributed by atoms with E-state index in [0.29, 0.717) is 0 Å². The lowest BCUT2D eigenvalue weighted by atomic mass is 10.0. The van der Waals surface area contributed by atoms with Gasteiger partial charge in [-0.15, -0.1) is 0 Å². The number of hydrogen-bond donors (Lipinski definition) is 1. The SMILES string of the molecule is CCCc1nc(-c2ccc(C)cc2C)nc(NCC)c1Br. The van der Waals surface area contributed by atoms with E-state index in [9.17, 15) is 0 Å². The van der Waals surface area contributed by atoms with Gasteiger partial charge >= 0.3 is 0 Å². The average molecular weight is 348 g/mol. The zero-order chi connectivity index (χ0) is 15.4. The van der Waals surface area contributed by atoms with E-state index >= 15 is 0 Å². The van der Waals surface area contributed by atoms with Crippen LogP contribution in [0.2, 0.25) is 0 Å². The van der Waals surface area contributed by atoms with Gasteiger partial charge in [0.05, 0.1) is 10.2 Å². The van der Waals surface area contributed by atoms with Crippen LogP contribution in [0.15, 0.2) is 22.7 Å². The summed E-state index contributed by atoms with van der Waals surface area (Å²) < 4.78 is 0.986. The molecule has 0 saturated carbocycles. The molecule has 1 heterocycles. The van der Waals surface area contributed by atoms with Crippen LogP contribution in [0.1, 0.15) is 37.1 Å². The second-order valence-corrected chi connectivity index (χ2v) is 6.05. The van der Waals surface area contributed by atoms with Crippen LogP contribution in [-0.2, 0) is 6.42 Å². The van der Waals surface area contributed by atoms with Gasteiger partial charge in [-0.1, -0.05) is 37.1 Å². The standard InChI is InChI=1S/C17H22BrN3/c1-5-7-14-15(18)17(19-6-2)21-16(20-14)13-9-8-11(3)10-12(13)4/h8-10H,5-7H2,1-4H3,(H,19,20,21). The highest BCUT2D eigenvalue weighted by Gasteiger charge is 2.14. The molecule has 1 N–H and O–H groups in total. The molecular formula is C17H22BrN3. The Morgan fingerprint density at radius 2 is 1.90 bits per heavy atom. The first kappa shape index (κ1) is 16.0. The topological polar surface area (TPSA) is 37.8 Å². The summed E-state index contributed by atoms with van der Waals surface area (Å²) in [7, 11) is 0. The number of rotatable bonds is 5. The molecule has 4 heteroatoms. The number of aromatic nitrogens is 2.